The monoisotopic (exact) mass is 232 g/mol. The number of carbonyl (C=O) groups is 1. The van der Waals surface area contributed by atoms with Crippen molar-refractivity contribution in [2.75, 3.05) is 7.11 Å². The smallest absolute Gasteiger partial charge is 0.196 e. The molecule has 82 valence electrons. The van der Waals surface area contributed by atoms with Crippen LogP contribution in [0.4, 0.5) is 0 Å². The Morgan fingerprint density at radius 3 is 2.50 bits per heavy atom. The molecule has 0 N–H and O–H groups in total. The number of carbonyl (C=O) groups excluding carboxylic acids is 1. The summed E-state index contributed by atoms with van der Waals surface area (Å²) < 4.78 is 5.27. The molecule has 0 aliphatic heterocycles. The predicted octanol–water partition coefficient (Wildman–Crippen LogP) is 3.32. The second-order valence-corrected chi connectivity index (χ2v) is 4.34. The van der Waals surface area contributed by atoms with Gasteiger partial charge in [0.25, 0.3) is 0 Å². The molecule has 0 spiro atoms. The van der Waals surface area contributed by atoms with E-state index in [0.29, 0.717) is 5.56 Å². The Kier molecular flexibility index (Phi) is 3.49. The van der Waals surface area contributed by atoms with Crippen LogP contribution in [0.2, 0.25) is 0 Å². The zero-order chi connectivity index (χ0) is 11.4. The summed E-state index contributed by atoms with van der Waals surface area (Å²) in [6.45, 7) is 0. The van der Waals surface area contributed by atoms with Crippen molar-refractivity contribution >= 4 is 17.1 Å². The second kappa shape index (κ2) is 5.05. The lowest BCUT2D eigenvalue weighted by molar-refractivity contribution is 0.0614. The Morgan fingerprint density at radius 2 is 1.94 bits per heavy atom. The van der Waals surface area contributed by atoms with Crippen LogP contribution in [0.3, 0.4) is 0 Å². The van der Waals surface area contributed by atoms with Gasteiger partial charge < -0.3 is 4.74 Å². The molecule has 0 saturated heterocycles. The Balaban J connectivity index is 2.27. The van der Waals surface area contributed by atoms with Crippen molar-refractivity contribution in [2.24, 2.45) is 0 Å². The average Bonchev–Trinajstić information content (AvgIpc) is 2.85. The summed E-state index contributed by atoms with van der Waals surface area (Å²) in [5, 5.41) is 1.94. The van der Waals surface area contributed by atoms with Gasteiger partial charge in [0.15, 0.2) is 11.9 Å². The van der Waals surface area contributed by atoms with Crippen LogP contribution in [0.25, 0.3) is 0 Å². The topological polar surface area (TPSA) is 26.3 Å². The molecule has 16 heavy (non-hydrogen) atoms. The number of ketones is 1. The fraction of sp³-hybridized carbons (Fsp3) is 0.154. The van der Waals surface area contributed by atoms with Gasteiger partial charge in [-0.15, -0.1) is 11.3 Å². The number of ether oxygens (including phenoxy) is 1. The number of thiophene rings is 1. The van der Waals surface area contributed by atoms with Crippen LogP contribution >= 0.6 is 11.3 Å². The van der Waals surface area contributed by atoms with Gasteiger partial charge in [0.2, 0.25) is 0 Å². The fourth-order valence-corrected chi connectivity index (χ4v) is 2.34. The Morgan fingerprint density at radius 1 is 1.19 bits per heavy atom. The summed E-state index contributed by atoms with van der Waals surface area (Å²) in [5.74, 6) is 0.00514. The highest BCUT2D eigenvalue weighted by Crippen LogP contribution is 2.25. The predicted molar refractivity (Wildman–Crippen MR) is 64.8 cm³/mol. The van der Waals surface area contributed by atoms with Gasteiger partial charge in [-0.2, -0.15) is 0 Å². The number of rotatable bonds is 4. The summed E-state index contributed by atoms with van der Waals surface area (Å²) in [6, 6.07) is 13.1. The largest absolute Gasteiger partial charge is 0.368 e. The molecule has 0 amide bonds. The molecule has 1 heterocycles. The van der Waals surface area contributed by atoms with E-state index in [4.69, 9.17) is 4.74 Å². The number of hydrogen-bond acceptors (Lipinski definition) is 3. The maximum Gasteiger partial charge on any atom is 0.196 e. The molecule has 1 unspecified atom stereocenters. The quantitative estimate of drug-likeness (QED) is 0.756. The van der Waals surface area contributed by atoms with Crippen LogP contribution < -0.4 is 0 Å². The van der Waals surface area contributed by atoms with Crippen LogP contribution in [0.1, 0.15) is 21.3 Å². The molecule has 0 fully saturated rings. The van der Waals surface area contributed by atoms with E-state index in [1.807, 2.05) is 47.8 Å². The maximum absolute atomic E-state index is 12.2. The molecular weight excluding hydrogens is 220 g/mol. The van der Waals surface area contributed by atoms with Crippen LogP contribution in [-0.4, -0.2) is 12.9 Å². The van der Waals surface area contributed by atoms with Gasteiger partial charge in [0, 0.05) is 17.6 Å². The van der Waals surface area contributed by atoms with E-state index in [-0.39, 0.29) is 5.78 Å². The van der Waals surface area contributed by atoms with E-state index in [0.717, 1.165) is 4.88 Å². The van der Waals surface area contributed by atoms with Gasteiger partial charge in [0.05, 0.1) is 0 Å². The highest BCUT2D eigenvalue weighted by atomic mass is 32.1. The summed E-state index contributed by atoms with van der Waals surface area (Å²) in [6.07, 6.45) is -0.484. The van der Waals surface area contributed by atoms with Gasteiger partial charge in [-0.3, -0.25) is 4.79 Å². The molecule has 2 aromatic rings. The molecule has 1 aromatic carbocycles. The summed E-state index contributed by atoms with van der Waals surface area (Å²) in [4.78, 5) is 13.1. The van der Waals surface area contributed by atoms with Crippen molar-refractivity contribution in [3.05, 3.63) is 58.3 Å². The van der Waals surface area contributed by atoms with Crippen molar-refractivity contribution in [1.82, 2.24) is 0 Å². The van der Waals surface area contributed by atoms with Crippen molar-refractivity contribution in [3.8, 4) is 0 Å². The fourth-order valence-electron chi connectivity index (χ4n) is 1.55. The van der Waals surface area contributed by atoms with E-state index in [2.05, 4.69) is 0 Å². The summed E-state index contributed by atoms with van der Waals surface area (Å²) in [7, 11) is 1.56. The van der Waals surface area contributed by atoms with Crippen molar-refractivity contribution in [1.29, 1.82) is 0 Å². The molecule has 0 aliphatic rings. The van der Waals surface area contributed by atoms with Crippen molar-refractivity contribution in [2.45, 2.75) is 6.10 Å². The number of Topliss-reactive ketones (excluding diaryl/α,β-unsaturated/α-hetero) is 1. The molecule has 2 rings (SSSR count). The van der Waals surface area contributed by atoms with E-state index < -0.39 is 6.10 Å². The highest BCUT2D eigenvalue weighted by molar-refractivity contribution is 7.10. The zero-order valence-electron chi connectivity index (χ0n) is 8.92. The van der Waals surface area contributed by atoms with Crippen LogP contribution in [-0.2, 0) is 4.74 Å². The Bertz CT molecular complexity index is 448. The van der Waals surface area contributed by atoms with Gasteiger partial charge in [-0.1, -0.05) is 36.4 Å². The third kappa shape index (κ3) is 2.21. The first-order valence-electron chi connectivity index (χ1n) is 4.98. The lowest BCUT2D eigenvalue weighted by Crippen LogP contribution is -2.13. The minimum Gasteiger partial charge on any atom is -0.368 e. The molecule has 0 radical (unpaired) electrons. The normalized spacial score (nSPS) is 12.3. The first-order chi connectivity index (χ1) is 7.83. The zero-order valence-corrected chi connectivity index (χ0v) is 9.74. The minimum absolute atomic E-state index is 0.00514. The maximum atomic E-state index is 12.2. The molecule has 3 heteroatoms. The molecule has 0 saturated carbocycles. The molecule has 0 bridgehead atoms. The first kappa shape index (κ1) is 11.0. The van der Waals surface area contributed by atoms with Gasteiger partial charge in [-0.25, -0.2) is 0 Å². The van der Waals surface area contributed by atoms with E-state index in [9.17, 15) is 4.79 Å². The minimum atomic E-state index is -0.484. The molecule has 1 atom stereocenters. The average molecular weight is 232 g/mol. The second-order valence-electron chi connectivity index (χ2n) is 3.36. The summed E-state index contributed by atoms with van der Waals surface area (Å²) >= 11 is 1.53. The highest BCUT2D eigenvalue weighted by Gasteiger charge is 2.21. The molecule has 0 aliphatic carbocycles. The van der Waals surface area contributed by atoms with Gasteiger partial charge >= 0.3 is 0 Å². The Labute approximate surface area is 98.5 Å². The van der Waals surface area contributed by atoms with E-state index in [1.165, 1.54) is 11.3 Å². The molecule has 1 aromatic heterocycles. The number of benzene rings is 1. The molecular formula is C13H12O2S. The lowest BCUT2D eigenvalue weighted by atomic mass is 10.1. The first-order valence-corrected chi connectivity index (χ1v) is 5.86. The number of methoxy groups -OCH3 is 1. The van der Waals surface area contributed by atoms with E-state index >= 15 is 0 Å². The van der Waals surface area contributed by atoms with Crippen LogP contribution in [0, 0.1) is 0 Å². The SMILES string of the molecule is COC(C(=O)c1ccccc1)c1cccs1. The number of hydrogen-bond donors (Lipinski definition) is 0. The van der Waals surface area contributed by atoms with Gasteiger partial charge in [0.1, 0.15) is 0 Å². The third-order valence-corrected chi connectivity index (χ3v) is 3.25. The van der Waals surface area contributed by atoms with E-state index in [1.54, 1.807) is 7.11 Å². The van der Waals surface area contributed by atoms with Crippen molar-refractivity contribution in [3.63, 3.8) is 0 Å². The van der Waals surface area contributed by atoms with Crippen LogP contribution in [0.5, 0.6) is 0 Å². The molecule has 2 nitrogen and oxygen atoms in total. The van der Waals surface area contributed by atoms with Crippen molar-refractivity contribution < 1.29 is 9.53 Å². The standard InChI is InChI=1S/C13H12O2S/c1-15-13(11-8-5-9-16-11)12(14)10-6-3-2-4-7-10/h2-9,13H,1H3. The Hall–Kier alpha value is -1.45. The summed E-state index contributed by atoms with van der Waals surface area (Å²) in [5.41, 5.74) is 0.683. The van der Waals surface area contributed by atoms with Gasteiger partial charge in [-0.05, 0) is 11.4 Å². The van der Waals surface area contributed by atoms with Crippen LogP contribution in [0.15, 0.2) is 47.8 Å². The third-order valence-electron chi connectivity index (χ3n) is 2.33. The lowest BCUT2D eigenvalue weighted by Gasteiger charge is -2.12.